The normalized spacial score (nSPS) is 10.2. The Balaban J connectivity index is 2.65. The van der Waals surface area contributed by atoms with Gasteiger partial charge in [0.05, 0.1) is 4.92 Å². The van der Waals surface area contributed by atoms with Crippen LogP contribution in [0.15, 0.2) is 30.5 Å². The van der Waals surface area contributed by atoms with Crippen LogP contribution >= 0.6 is 23.2 Å². The largest absolute Gasteiger partial charge is 0.313 e. The maximum atomic E-state index is 10.8. The van der Waals surface area contributed by atoms with E-state index in [0.717, 1.165) is 6.20 Å². The zero-order valence-electron chi connectivity index (χ0n) is 8.30. The number of benzene rings is 1. The molecule has 1 aromatic carbocycles. The van der Waals surface area contributed by atoms with E-state index in [1.807, 2.05) is 0 Å². The minimum Gasteiger partial charge on any atom is -0.258 e. The fraction of sp³-hybridized carbons (Fsp3) is 0. The minimum absolute atomic E-state index is 0.0504. The third-order valence-electron chi connectivity index (χ3n) is 2.03. The third kappa shape index (κ3) is 2.51. The van der Waals surface area contributed by atoms with E-state index in [2.05, 4.69) is 9.97 Å². The number of halogens is 2. The first kappa shape index (κ1) is 11.8. The summed E-state index contributed by atoms with van der Waals surface area (Å²) in [6.07, 6.45) is 1.07. The zero-order chi connectivity index (χ0) is 12.4. The van der Waals surface area contributed by atoms with Crippen LogP contribution in [0.2, 0.25) is 10.3 Å². The van der Waals surface area contributed by atoms with E-state index in [9.17, 15) is 10.1 Å². The molecule has 0 fully saturated rings. The summed E-state index contributed by atoms with van der Waals surface area (Å²) < 4.78 is 0. The Morgan fingerprint density at radius 3 is 2.71 bits per heavy atom. The van der Waals surface area contributed by atoms with Gasteiger partial charge in [-0.2, -0.15) is 0 Å². The Morgan fingerprint density at radius 1 is 1.29 bits per heavy atom. The molecule has 0 aliphatic carbocycles. The van der Waals surface area contributed by atoms with Gasteiger partial charge in [0, 0.05) is 10.6 Å². The summed E-state index contributed by atoms with van der Waals surface area (Å²) in [7, 11) is 0. The lowest BCUT2D eigenvalue weighted by Crippen LogP contribution is -1.96. The van der Waals surface area contributed by atoms with Gasteiger partial charge < -0.3 is 0 Å². The monoisotopic (exact) mass is 269 g/mol. The average molecular weight is 270 g/mol. The second kappa shape index (κ2) is 4.65. The molecule has 17 heavy (non-hydrogen) atoms. The number of aromatic nitrogens is 2. The Labute approximate surface area is 106 Å². The number of nitro groups is 1. The Hall–Kier alpha value is -1.72. The van der Waals surface area contributed by atoms with Gasteiger partial charge in [-0.05, 0) is 23.7 Å². The fourth-order valence-corrected chi connectivity index (χ4v) is 1.66. The first-order valence-electron chi connectivity index (χ1n) is 4.51. The molecule has 86 valence electrons. The van der Waals surface area contributed by atoms with Gasteiger partial charge in [0.25, 0.3) is 0 Å². The van der Waals surface area contributed by atoms with Crippen molar-refractivity contribution in [3.8, 4) is 11.3 Å². The van der Waals surface area contributed by atoms with Crippen molar-refractivity contribution in [3.05, 3.63) is 50.9 Å². The summed E-state index contributed by atoms with van der Waals surface area (Å²) in [4.78, 5) is 17.7. The highest BCUT2D eigenvalue weighted by Gasteiger charge is 2.18. The van der Waals surface area contributed by atoms with Crippen LogP contribution in [0, 0.1) is 10.1 Å². The van der Waals surface area contributed by atoms with E-state index in [0.29, 0.717) is 10.6 Å². The zero-order valence-corrected chi connectivity index (χ0v) is 9.81. The Morgan fingerprint density at radius 2 is 2.06 bits per heavy atom. The maximum absolute atomic E-state index is 10.8. The van der Waals surface area contributed by atoms with Crippen molar-refractivity contribution in [3.63, 3.8) is 0 Å². The Kier molecular flexibility index (Phi) is 3.21. The molecule has 1 aromatic heterocycles. The van der Waals surface area contributed by atoms with Crippen molar-refractivity contribution < 1.29 is 4.92 Å². The van der Waals surface area contributed by atoms with Crippen molar-refractivity contribution in [1.82, 2.24) is 9.97 Å². The maximum Gasteiger partial charge on any atom is 0.313 e. The molecule has 0 aliphatic heterocycles. The summed E-state index contributed by atoms with van der Waals surface area (Å²) in [5.74, 6) is 0. The molecular formula is C10H5Cl2N3O2. The van der Waals surface area contributed by atoms with E-state index in [1.54, 1.807) is 24.3 Å². The molecule has 0 amide bonds. The van der Waals surface area contributed by atoms with Crippen molar-refractivity contribution >= 4 is 28.9 Å². The highest BCUT2D eigenvalue weighted by atomic mass is 35.5. The number of hydrogen-bond donors (Lipinski definition) is 0. The smallest absolute Gasteiger partial charge is 0.258 e. The summed E-state index contributed by atoms with van der Waals surface area (Å²) in [5.41, 5.74) is 0.461. The molecule has 0 spiro atoms. The second-order valence-corrected chi connectivity index (χ2v) is 3.91. The molecule has 5 nitrogen and oxygen atoms in total. The topological polar surface area (TPSA) is 68.9 Å². The van der Waals surface area contributed by atoms with Gasteiger partial charge in [0.1, 0.15) is 6.20 Å². The van der Waals surface area contributed by atoms with Crippen LogP contribution in [-0.4, -0.2) is 14.9 Å². The molecule has 0 radical (unpaired) electrons. The lowest BCUT2D eigenvalue weighted by atomic mass is 10.1. The fourth-order valence-electron chi connectivity index (χ4n) is 1.34. The quantitative estimate of drug-likeness (QED) is 0.476. The lowest BCUT2D eigenvalue weighted by molar-refractivity contribution is -0.384. The van der Waals surface area contributed by atoms with Crippen LogP contribution in [0.1, 0.15) is 0 Å². The van der Waals surface area contributed by atoms with E-state index in [-0.39, 0.29) is 16.7 Å². The molecule has 0 unspecified atom stereocenters. The van der Waals surface area contributed by atoms with Gasteiger partial charge in [-0.1, -0.05) is 23.7 Å². The molecule has 0 atom stereocenters. The Bertz CT molecular complexity index is 590. The van der Waals surface area contributed by atoms with E-state index in [1.165, 1.54) is 0 Å². The first-order valence-corrected chi connectivity index (χ1v) is 5.26. The molecule has 2 rings (SSSR count). The molecule has 0 bridgehead atoms. The van der Waals surface area contributed by atoms with Crippen molar-refractivity contribution in [2.45, 2.75) is 0 Å². The molecule has 2 aromatic rings. The lowest BCUT2D eigenvalue weighted by Gasteiger charge is -2.02. The third-order valence-corrected chi connectivity index (χ3v) is 2.45. The van der Waals surface area contributed by atoms with E-state index < -0.39 is 4.92 Å². The van der Waals surface area contributed by atoms with Crippen molar-refractivity contribution in [1.29, 1.82) is 0 Å². The average Bonchev–Trinajstić information content (AvgIpc) is 2.28. The van der Waals surface area contributed by atoms with Crippen LogP contribution in [0.25, 0.3) is 11.3 Å². The molecule has 0 aliphatic rings. The molecule has 0 saturated carbocycles. The minimum atomic E-state index is -0.563. The molecule has 0 N–H and O–H groups in total. The molecular weight excluding hydrogens is 265 g/mol. The van der Waals surface area contributed by atoms with Crippen LogP contribution in [0.5, 0.6) is 0 Å². The van der Waals surface area contributed by atoms with Gasteiger partial charge >= 0.3 is 5.69 Å². The van der Waals surface area contributed by atoms with Gasteiger partial charge in [-0.25, -0.2) is 9.97 Å². The van der Waals surface area contributed by atoms with Gasteiger partial charge in [-0.15, -0.1) is 0 Å². The molecule has 7 heteroatoms. The summed E-state index contributed by atoms with van der Waals surface area (Å²) in [5, 5.41) is 11.3. The van der Waals surface area contributed by atoms with Gasteiger partial charge in [0.15, 0.2) is 5.69 Å². The number of nitrogens with zero attached hydrogens (tertiary/aromatic N) is 3. The van der Waals surface area contributed by atoms with E-state index in [4.69, 9.17) is 23.2 Å². The summed E-state index contributed by atoms with van der Waals surface area (Å²) in [6, 6.07) is 6.59. The van der Waals surface area contributed by atoms with Crippen LogP contribution in [-0.2, 0) is 0 Å². The predicted molar refractivity (Wildman–Crippen MR) is 64.1 cm³/mol. The number of hydrogen-bond acceptors (Lipinski definition) is 4. The van der Waals surface area contributed by atoms with Crippen LogP contribution in [0.4, 0.5) is 5.69 Å². The predicted octanol–water partition coefficient (Wildman–Crippen LogP) is 3.36. The van der Waals surface area contributed by atoms with Crippen LogP contribution in [0.3, 0.4) is 0 Å². The van der Waals surface area contributed by atoms with Crippen molar-refractivity contribution in [2.75, 3.05) is 0 Å². The van der Waals surface area contributed by atoms with Gasteiger partial charge in [-0.3, -0.25) is 10.1 Å². The van der Waals surface area contributed by atoms with Gasteiger partial charge in [0.2, 0.25) is 5.28 Å². The first-order chi connectivity index (χ1) is 8.08. The van der Waals surface area contributed by atoms with E-state index >= 15 is 0 Å². The number of rotatable bonds is 2. The highest BCUT2D eigenvalue weighted by molar-refractivity contribution is 6.31. The van der Waals surface area contributed by atoms with Crippen molar-refractivity contribution in [2.24, 2.45) is 0 Å². The summed E-state index contributed by atoms with van der Waals surface area (Å²) in [6.45, 7) is 0. The SMILES string of the molecule is O=[N+]([O-])c1cnc(Cl)nc1-c1cccc(Cl)c1. The summed E-state index contributed by atoms with van der Waals surface area (Å²) >= 11 is 11.5. The standard InChI is InChI=1S/C10H5Cl2N3O2/c11-7-3-1-2-6(4-7)9-8(15(16)17)5-13-10(12)14-9/h1-5H. The highest BCUT2D eigenvalue weighted by Crippen LogP contribution is 2.29. The second-order valence-electron chi connectivity index (χ2n) is 3.14. The van der Waals surface area contributed by atoms with Crippen LogP contribution < -0.4 is 0 Å². The molecule has 0 saturated heterocycles. The molecule has 1 heterocycles.